The molecule has 0 amide bonds. The van der Waals surface area contributed by atoms with Gasteiger partial charge in [0.1, 0.15) is 5.75 Å². The van der Waals surface area contributed by atoms with E-state index < -0.39 is 35.6 Å². The number of cyclic esters (lactones) is 1. The predicted molar refractivity (Wildman–Crippen MR) is 94.4 cm³/mol. The molecule has 1 aromatic rings. The number of benzene rings is 1. The van der Waals surface area contributed by atoms with Crippen molar-refractivity contribution in [3.8, 4) is 5.75 Å². The van der Waals surface area contributed by atoms with Crippen LogP contribution in [0.1, 0.15) is 44.1 Å². The Morgan fingerprint density at radius 3 is 2.46 bits per heavy atom. The van der Waals surface area contributed by atoms with Gasteiger partial charge in [-0.1, -0.05) is 44.2 Å². The SMILES string of the molecule is NC(Cc1ccc(O)cc1)C(=O)C1C(=O)OC(CC2CCCCC2)C1=O. The van der Waals surface area contributed by atoms with Crippen LogP contribution in [0.4, 0.5) is 0 Å². The lowest BCUT2D eigenvalue weighted by Gasteiger charge is -2.23. The highest BCUT2D eigenvalue weighted by Gasteiger charge is 2.49. The van der Waals surface area contributed by atoms with Crippen LogP contribution in [-0.2, 0) is 25.5 Å². The van der Waals surface area contributed by atoms with Gasteiger partial charge >= 0.3 is 5.97 Å². The lowest BCUT2D eigenvalue weighted by atomic mass is 9.83. The van der Waals surface area contributed by atoms with Gasteiger partial charge in [-0.2, -0.15) is 0 Å². The van der Waals surface area contributed by atoms with Crippen molar-refractivity contribution in [3.63, 3.8) is 0 Å². The zero-order chi connectivity index (χ0) is 18.7. The summed E-state index contributed by atoms with van der Waals surface area (Å²) < 4.78 is 5.23. The molecule has 6 heteroatoms. The number of phenolic OH excluding ortho intramolecular Hbond substituents is 1. The number of hydrogen-bond donors (Lipinski definition) is 2. The van der Waals surface area contributed by atoms with E-state index in [1.165, 1.54) is 18.6 Å². The average Bonchev–Trinajstić information content (AvgIpc) is 2.90. The van der Waals surface area contributed by atoms with Crippen molar-refractivity contribution in [1.29, 1.82) is 0 Å². The van der Waals surface area contributed by atoms with Crippen LogP contribution in [0.3, 0.4) is 0 Å². The zero-order valence-electron chi connectivity index (χ0n) is 14.7. The lowest BCUT2D eigenvalue weighted by molar-refractivity contribution is -0.147. The second-order valence-electron chi connectivity index (χ2n) is 7.38. The van der Waals surface area contributed by atoms with E-state index in [2.05, 4.69) is 0 Å². The first-order chi connectivity index (χ1) is 12.5. The van der Waals surface area contributed by atoms with Crippen LogP contribution in [-0.4, -0.2) is 34.8 Å². The topological polar surface area (TPSA) is 107 Å². The summed E-state index contributed by atoms with van der Waals surface area (Å²) >= 11 is 0. The van der Waals surface area contributed by atoms with Crippen molar-refractivity contribution in [2.45, 2.75) is 57.1 Å². The number of esters is 1. The van der Waals surface area contributed by atoms with Crippen molar-refractivity contribution in [2.75, 3.05) is 0 Å². The molecule has 1 aromatic carbocycles. The smallest absolute Gasteiger partial charge is 0.325 e. The Balaban J connectivity index is 1.61. The van der Waals surface area contributed by atoms with E-state index in [-0.39, 0.29) is 12.2 Å². The Morgan fingerprint density at radius 2 is 1.81 bits per heavy atom. The number of Topliss-reactive ketones (excluding diaryl/α,β-unsaturated/α-hetero) is 2. The fourth-order valence-corrected chi connectivity index (χ4v) is 3.92. The normalized spacial score (nSPS) is 25.1. The molecule has 3 N–H and O–H groups in total. The molecule has 1 saturated carbocycles. The summed E-state index contributed by atoms with van der Waals surface area (Å²) in [6.07, 6.45) is 5.48. The van der Waals surface area contributed by atoms with Crippen molar-refractivity contribution < 1.29 is 24.2 Å². The maximum Gasteiger partial charge on any atom is 0.325 e. The maximum absolute atomic E-state index is 12.6. The molecular formula is C20H25NO5. The Kier molecular flexibility index (Phi) is 5.71. The van der Waals surface area contributed by atoms with E-state index >= 15 is 0 Å². The van der Waals surface area contributed by atoms with Gasteiger partial charge in [-0.05, 0) is 36.5 Å². The number of carbonyl (C=O) groups is 3. The van der Waals surface area contributed by atoms with Gasteiger partial charge in [0.05, 0.1) is 6.04 Å². The summed E-state index contributed by atoms with van der Waals surface area (Å²) in [6, 6.07) is 5.35. The number of rotatable bonds is 6. The van der Waals surface area contributed by atoms with Gasteiger partial charge in [-0.25, -0.2) is 0 Å². The first-order valence-corrected chi connectivity index (χ1v) is 9.27. The van der Waals surface area contributed by atoms with Crippen LogP contribution in [0.5, 0.6) is 5.75 Å². The monoisotopic (exact) mass is 359 g/mol. The minimum atomic E-state index is -1.39. The molecule has 3 atom stereocenters. The maximum atomic E-state index is 12.6. The number of hydrogen-bond acceptors (Lipinski definition) is 6. The average molecular weight is 359 g/mol. The Morgan fingerprint density at radius 1 is 1.15 bits per heavy atom. The quantitative estimate of drug-likeness (QED) is 0.593. The molecule has 26 heavy (non-hydrogen) atoms. The van der Waals surface area contributed by atoms with E-state index in [1.54, 1.807) is 12.1 Å². The lowest BCUT2D eigenvalue weighted by Crippen LogP contribution is -2.42. The van der Waals surface area contributed by atoms with Gasteiger partial charge in [0.25, 0.3) is 0 Å². The molecule has 2 fully saturated rings. The second-order valence-corrected chi connectivity index (χ2v) is 7.38. The summed E-state index contributed by atoms with van der Waals surface area (Å²) in [7, 11) is 0. The van der Waals surface area contributed by atoms with Gasteiger partial charge in [-0.3, -0.25) is 14.4 Å². The molecule has 3 unspecified atom stereocenters. The third kappa shape index (κ3) is 4.12. The molecule has 0 radical (unpaired) electrons. The van der Waals surface area contributed by atoms with Crippen molar-refractivity contribution >= 4 is 17.5 Å². The van der Waals surface area contributed by atoms with Gasteiger partial charge in [0, 0.05) is 0 Å². The number of phenols is 1. The standard InChI is InChI=1S/C20H25NO5/c21-15(10-13-6-8-14(22)9-7-13)18(23)17-19(24)16(26-20(17)25)11-12-4-2-1-3-5-12/h6-9,12,15-17,22H,1-5,10-11,21H2. The van der Waals surface area contributed by atoms with Crippen LogP contribution < -0.4 is 5.73 Å². The third-order valence-corrected chi connectivity index (χ3v) is 5.41. The number of ether oxygens (including phenoxy) is 1. The van der Waals surface area contributed by atoms with E-state index in [0.29, 0.717) is 12.3 Å². The minimum Gasteiger partial charge on any atom is -0.508 e. The first kappa shape index (κ1) is 18.6. The van der Waals surface area contributed by atoms with Crippen LogP contribution in [0, 0.1) is 11.8 Å². The molecule has 0 bridgehead atoms. The molecule has 1 saturated heterocycles. The van der Waals surface area contributed by atoms with Crippen LogP contribution in [0.25, 0.3) is 0 Å². The molecule has 3 rings (SSSR count). The Bertz CT molecular complexity index is 678. The fourth-order valence-electron chi connectivity index (χ4n) is 3.92. The number of ketones is 2. The van der Waals surface area contributed by atoms with Gasteiger partial charge < -0.3 is 15.6 Å². The largest absolute Gasteiger partial charge is 0.508 e. The fraction of sp³-hybridized carbons (Fsp3) is 0.550. The molecular weight excluding hydrogens is 334 g/mol. The summed E-state index contributed by atoms with van der Waals surface area (Å²) in [4.78, 5) is 37.3. The zero-order valence-corrected chi connectivity index (χ0v) is 14.7. The van der Waals surface area contributed by atoms with Gasteiger partial charge in [0.15, 0.2) is 23.6 Å². The summed E-state index contributed by atoms with van der Waals surface area (Å²) in [5.41, 5.74) is 6.70. The van der Waals surface area contributed by atoms with Crippen LogP contribution >= 0.6 is 0 Å². The third-order valence-electron chi connectivity index (χ3n) is 5.41. The highest BCUT2D eigenvalue weighted by Crippen LogP contribution is 2.32. The number of nitrogens with two attached hydrogens (primary N) is 1. The predicted octanol–water partition coefficient (Wildman–Crippen LogP) is 1.91. The highest BCUT2D eigenvalue weighted by atomic mass is 16.6. The Labute approximate surface area is 152 Å². The van der Waals surface area contributed by atoms with Crippen molar-refractivity contribution in [1.82, 2.24) is 0 Å². The molecule has 140 valence electrons. The molecule has 0 spiro atoms. The molecule has 6 nitrogen and oxygen atoms in total. The molecule has 1 heterocycles. The summed E-state index contributed by atoms with van der Waals surface area (Å²) in [6.45, 7) is 0. The van der Waals surface area contributed by atoms with E-state index in [1.807, 2.05) is 0 Å². The van der Waals surface area contributed by atoms with E-state index in [4.69, 9.17) is 10.5 Å². The number of carbonyl (C=O) groups excluding carboxylic acids is 3. The Hall–Kier alpha value is -2.21. The molecule has 2 aliphatic rings. The van der Waals surface area contributed by atoms with Gasteiger partial charge in [-0.15, -0.1) is 0 Å². The minimum absolute atomic E-state index is 0.119. The number of aromatic hydroxyl groups is 1. The second kappa shape index (κ2) is 7.99. The van der Waals surface area contributed by atoms with Gasteiger partial charge in [0.2, 0.25) is 0 Å². The van der Waals surface area contributed by atoms with Crippen LogP contribution in [0.15, 0.2) is 24.3 Å². The van der Waals surface area contributed by atoms with Crippen LogP contribution in [0.2, 0.25) is 0 Å². The van der Waals surface area contributed by atoms with Crippen molar-refractivity contribution in [3.05, 3.63) is 29.8 Å². The highest BCUT2D eigenvalue weighted by molar-refractivity contribution is 6.22. The van der Waals surface area contributed by atoms with Crippen molar-refractivity contribution in [2.24, 2.45) is 17.6 Å². The first-order valence-electron chi connectivity index (χ1n) is 9.27. The molecule has 0 aromatic heterocycles. The van der Waals surface area contributed by atoms with E-state index in [9.17, 15) is 19.5 Å². The molecule has 1 aliphatic heterocycles. The summed E-state index contributed by atoms with van der Waals surface area (Å²) in [5, 5.41) is 9.30. The summed E-state index contributed by atoms with van der Waals surface area (Å²) in [5.74, 6) is -2.68. The van der Waals surface area contributed by atoms with E-state index in [0.717, 1.165) is 31.2 Å². The molecule has 1 aliphatic carbocycles.